The van der Waals surface area contributed by atoms with Crippen LogP contribution in [-0.4, -0.2) is 16.4 Å². The van der Waals surface area contributed by atoms with Crippen LogP contribution in [0.15, 0.2) is 30.5 Å². The van der Waals surface area contributed by atoms with Crippen molar-refractivity contribution in [1.82, 2.24) is 9.88 Å². The van der Waals surface area contributed by atoms with E-state index in [-0.39, 0.29) is 18.2 Å². The van der Waals surface area contributed by atoms with E-state index in [9.17, 15) is 4.39 Å². The van der Waals surface area contributed by atoms with Gasteiger partial charge in [0.15, 0.2) is 5.13 Å². The van der Waals surface area contributed by atoms with Crippen LogP contribution in [0, 0.1) is 5.82 Å². The van der Waals surface area contributed by atoms with E-state index in [0.29, 0.717) is 5.13 Å². The Morgan fingerprint density at radius 3 is 2.74 bits per heavy atom. The normalized spacial score (nSPS) is 10.5. The Hall–Kier alpha value is -1.17. The SMILES string of the molecule is CCN(Cc1cccc(F)c1)Cc1cnc(N)s1.Cl. The summed E-state index contributed by atoms with van der Waals surface area (Å²) in [6.07, 6.45) is 1.80. The van der Waals surface area contributed by atoms with Gasteiger partial charge in [-0.1, -0.05) is 19.1 Å². The summed E-state index contributed by atoms with van der Waals surface area (Å²) < 4.78 is 13.1. The fourth-order valence-electron chi connectivity index (χ4n) is 1.79. The van der Waals surface area contributed by atoms with E-state index in [4.69, 9.17) is 5.73 Å². The first kappa shape index (κ1) is 15.9. The Bertz CT molecular complexity index is 518. The molecule has 2 rings (SSSR count). The molecule has 2 aromatic rings. The Kier molecular flexibility index (Phi) is 6.21. The summed E-state index contributed by atoms with van der Waals surface area (Å²) in [4.78, 5) is 7.39. The summed E-state index contributed by atoms with van der Waals surface area (Å²) in [5, 5.41) is 0.590. The van der Waals surface area contributed by atoms with Crippen LogP contribution >= 0.6 is 23.7 Å². The number of anilines is 1. The van der Waals surface area contributed by atoms with Crippen molar-refractivity contribution < 1.29 is 4.39 Å². The molecule has 0 bridgehead atoms. The molecule has 0 unspecified atom stereocenters. The van der Waals surface area contributed by atoms with Gasteiger partial charge in [0.25, 0.3) is 0 Å². The number of aromatic nitrogens is 1. The fraction of sp³-hybridized carbons (Fsp3) is 0.308. The van der Waals surface area contributed by atoms with Crippen molar-refractivity contribution in [2.75, 3.05) is 12.3 Å². The number of nitrogen functional groups attached to an aromatic ring is 1. The first-order valence-corrected chi connectivity index (χ1v) is 6.66. The fourth-order valence-corrected chi connectivity index (χ4v) is 2.52. The third-order valence-corrected chi connectivity index (χ3v) is 3.50. The van der Waals surface area contributed by atoms with Crippen LogP contribution in [0.3, 0.4) is 0 Å². The molecule has 104 valence electrons. The van der Waals surface area contributed by atoms with Crippen molar-refractivity contribution in [3.05, 3.63) is 46.7 Å². The average Bonchev–Trinajstić information content (AvgIpc) is 2.74. The van der Waals surface area contributed by atoms with Crippen molar-refractivity contribution in [3.63, 3.8) is 0 Å². The van der Waals surface area contributed by atoms with E-state index in [1.54, 1.807) is 18.3 Å². The van der Waals surface area contributed by atoms with Crippen molar-refractivity contribution in [2.45, 2.75) is 20.0 Å². The highest BCUT2D eigenvalue weighted by atomic mass is 35.5. The summed E-state index contributed by atoms with van der Waals surface area (Å²) in [6.45, 7) is 4.51. The maximum atomic E-state index is 13.1. The van der Waals surface area contributed by atoms with Crippen LogP contribution in [0.1, 0.15) is 17.4 Å². The molecule has 0 amide bonds. The van der Waals surface area contributed by atoms with Crippen LogP contribution in [0.2, 0.25) is 0 Å². The van der Waals surface area contributed by atoms with E-state index >= 15 is 0 Å². The number of thiazole rings is 1. The molecule has 0 saturated carbocycles. The number of benzene rings is 1. The lowest BCUT2D eigenvalue weighted by Crippen LogP contribution is -2.21. The van der Waals surface area contributed by atoms with Crippen molar-refractivity contribution >= 4 is 28.9 Å². The Morgan fingerprint density at radius 1 is 1.37 bits per heavy atom. The molecule has 0 aliphatic carbocycles. The third-order valence-electron chi connectivity index (χ3n) is 2.69. The molecule has 0 aliphatic rings. The van der Waals surface area contributed by atoms with Gasteiger partial charge in [0.05, 0.1) is 0 Å². The zero-order chi connectivity index (χ0) is 13.0. The smallest absolute Gasteiger partial charge is 0.180 e. The molecule has 1 aromatic heterocycles. The predicted octanol–water partition coefficient (Wildman–Crippen LogP) is 3.31. The second kappa shape index (κ2) is 7.43. The van der Waals surface area contributed by atoms with Gasteiger partial charge < -0.3 is 5.73 Å². The van der Waals surface area contributed by atoms with Crippen LogP contribution in [0.25, 0.3) is 0 Å². The van der Waals surface area contributed by atoms with Gasteiger partial charge in [-0.3, -0.25) is 4.90 Å². The standard InChI is InChI=1S/C13H16FN3S.ClH/c1-2-17(9-12-7-16-13(15)18-12)8-10-4-3-5-11(14)6-10;/h3-7H,2,8-9H2,1H3,(H2,15,16);1H. The molecule has 0 radical (unpaired) electrons. The summed E-state index contributed by atoms with van der Waals surface area (Å²) in [7, 11) is 0. The van der Waals surface area contributed by atoms with E-state index in [1.165, 1.54) is 17.4 Å². The number of hydrogen-bond donors (Lipinski definition) is 1. The molecule has 0 atom stereocenters. The van der Waals surface area contributed by atoms with Crippen LogP contribution < -0.4 is 5.73 Å². The average molecular weight is 302 g/mol. The summed E-state index contributed by atoms with van der Waals surface area (Å²) in [5.74, 6) is -0.189. The second-order valence-corrected chi connectivity index (χ2v) is 5.24. The zero-order valence-corrected chi connectivity index (χ0v) is 12.3. The highest BCUT2D eigenvalue weighted by Gasteiger charge is 2.07. The molecular formula is C13H17ClFN3S. The Balaban J connectivity index is 0.00000180. The lowest BCUT2D eigenvalue weighted by atomic mass is 10.2. The van der Waals surface area contributed by atoms with Crippen molar-refractivity contribution in [2.24, 2.45) is 0 Å². The molecule has 3 nitrogen and oxygen atoms in total. The molecule has 19 heavy (non-hydrogen) atoms. The van der Waals surface area contributed by atoms with E-state index in [1.807, 2.05) is 6.07 Å². The van der Waals surface area contributed by atoms with Gasteiger partial charge in [0.1, 0.15) is 5.82 Å². The molecule has 0 fully saturated rings. The lowest BCUT2D eigenvalue weighted by Gasteiger charge is -2.19. The monoisotopic (exact) mass is 301 g/mol. The number of hydrogen-bond acceptors (Lipinski definition) is 4. The minimum absolute atomic E-state index is 0. The van der Waals surface area contributed by atoms with Crippen molar-refractivity contribution in [3.8, 4) is 0 Å². The van der Waals surface area contributed by atoms with E-state index in [2.05, 4.69) is 16.8 Å². The second-order valence-electron chi connectivity index (χ2n) is 4.10. The van der Waals surface area contributed by atoms with Crippen LogP contribution in [-0.2, 0) is 13.1 Å². The largest absolute Gasteiger partial charge is 0.375 e. The maximum Gasteiger partial charge on any atom is 0.180 e. The highest BCUT2D eigenvalue weighted by Crippen LogP contribution is 2.18. The minimum atomic E-state index is -0.189. The highest BCUT2D eigenvalue weighted by molar-refractivity contribution is 7.15. The summed E-state index contributed by atoms with van der Waals surface area (Å²) in [5.41, 5.74) is 6.59. The van der Waals surface area contributed by atoms with Crippen LogP contribution in [0.4, 0.5) is 9.52 Å². The van der Waals surface area contributed by atoms with E-state index < -0.39 is 0 Å². The summed E-state index contributed by atoms with van der Waals surface area (Å²) >= 11 is 1.50. The molecule has 1 aromatic carbocycles. The maximum absolute atomic E-state index is 13.1. The lowest BCUT2D eigenvalue weighted by molar-refractivity contribution is 0.273. The number of halogens is 2. The van der Waals surface area contributed by atoms with Crippen molar-refractivity contribution in [1.29, 1.82) is 0 Å². The Morgan fingerprint density at radius 2 is 2.16 bits per heavy atom. The minimum Gasteiger partial charge on any atom is -0.375 e. The first-order valence-electron chi connectivity index (χ1n) is 5.84. The van der Waals surface area contributed by atoms with Gasteiger partial charge in [0, 0.05) is 24.2 Å². The molecule has 6 heteroatoms. The Labute approximate surface area is 122 Å². The van der Waals surface area contributed by atoms with Gasteiger partial charge in [-0.15, -0.1) is 23.7 Å². The quantitative estimate of drug-likeness (QED) is 0.921. The number of nitrogens with zero attached hydrogens (tertiary/aromatic N) is 2. The molecular weight excluding hydrogens is 285 g/mol. The molecule has 0 spiro atoms. The number of rotatable bonds is 5. The van der Waals surface area contributed by atoms with Gasteiger partial charge in [-0.05, 0) is 24.2 Å². The van der Waals surface area contributed by atoms with Crippen LogP contribution in [0.5, 0.6) is 0 Å². The first-order chi connectivity index (χ1) is 8.67. The van der Waals surface area contributed by atoms with Gasteiger partial charge >= 0.3 is 0 Å². The van der Waals surface area contributed by atoms with Gasteiger partial charge in [-0.2, -0.15) is 0 Å². The molecule has 0 saturated heterocycles. The molecule has 1 heterocycles. The van der Waals surface area contributed by atoms with E-state index in [0.717, 1.165) is 30.1 Å². The molecule has 0 aliphatic heterocycles. The van der Waals surface area contributed by atoms with Gasteiger partial charge in [0.2, 0.25) is 0 Å². The molecule has 2 N–H and O–H groups in total. The third kappa shape index (κ3) is 4.78. The summed E-state index contributed by atoms with van der Waals surface area (Å²) in [6, 6.07) is 6.71. The van der Waals surface area contributed by atoms with Gasteiger partial charge in [-0.25, -0.2) is 9.37 Å². The number of nitrogens with two attached hydrogens (primary N) is 1. The zero-order valence-electron chi connectivity index (χ0n) is 10.7. The topological polar surface area (TPSA) is 42.2 Å². The predicted molar refractivity (Wildman–Crippen MR) is 80.0 cm³/mol.